The van der Waals surface area contributed by atoms with Crippen molar-refractivity contribution in [2.75, 3.05) is 0 Å². The third-order valence-electron chi connectivity index (χ3n) is 3.83. The second-order valence-corrected chi connectivity index (χ2v) is 5.49. The van der Waals surface area contributed by atoms with E-state index < -0.39 is 5.97 Å². The smallest absolute Gasteiger partial charge is 0.341 e. The van der Waals surface area contributed by atoms with Gasteiger partial charge in [0.1, 0.15) is 11.3 Å². The Hall–Kier alpha value is -2.82. The van der Waals surface area contributed by atoms with Gasteiger partial charge in [0, 0.05) is 6.20 Å². The Morgan fingerprint density at radius 2 is 2.09 bits per heavy atom. The molecule has 1 N–H and O–H groups in total. The molecule has 22 heavy (non-hydrogen) atoms. The highest BCUT2D eigenvalue weighted by atomic mass is 16.5. The summed E-state index contributed by atoms with van der Waals surface area (Å²) in [6, 6.07) is 13.0. The Bertz CT molecular complexity index is 865. The average Bonchev–Trinajstić information content (AvgIpc) is 3.26. The summed E-state index contributed by atoms with van der Waals surface area (Å²) in [5.41, 5.74) is 2.01. The fourth-order valence-electron chi connectivity index (χ4n) is 2.54. The van der Waals surface area contributed by atoms with Crippen LogP contribution in [0.2, 0.25) is 0 Å². The molecule has 0 amide bonds. The molecule has 0 aliphatic heterocycles. The van der Waals surface area contributed by atoms with E-state index in [0.29, 0.717) is 11.7 Å². The lowest BCUT2D eigenvalue weighted by atomic mass is 10.1. The van der Waals surface area contributed by atoms with Crippen LogP contribution in [-0.4, -0.2) is 20.7 Å². The second-order valence-electron chi connectivity index (χ2n) is 5.49. The Morgan fingerprint density at radius 3 is 2.86 bits per heavy atom. The van der Waals surface area contributed by atoms with Crippen LogP contribution in [0.3, 0.4) is 0 Å². The quantitative estimate of drug-likeness (QED) is 0.797. The van der Waals surface area contributed by atoms with Crippen molar-refractivity contribution in [2.45, 2.75) is 18.8 Å². The van der Waals surface area contributed by atoms with E-state index in [1.54, 1.807) is 22.8 Å². The lowest BCUT2D eigenvalue weighted by Crippen LogP contribution is -2.05. The molecule has 0 atom stereocenters. The number of hydrogen-bond donors (Lipinski definition) is 1. The van der Waals surface area contributed by atoms with Crippen molar-refractivity contribution in [1.82, 2.24) is 9.61 Å². The van der Waals surface area contributed by atoms with Gasteiger partial charge in [-0.1, -0.05) is 12.1 Å². The van der Waals surface area contributed by atoms with Gasteiger partial charge in [0.05, 0.1) is 5.52 Å². The molecule has 2 heterocycles. The Balaban J connectivity index is 1.74. The van der Waals surface area contributed by atoms with Crippen molar-refractivity contribution in [3.63, 3.8) is 0 Å². The van der Waals surface area contributed by atoms with Crippen LogP contribution in [0.25, 0.3) is 5.52 Å². The molecule has 4 rings (SSSR count). The third-order valence-corrected chi connectivity index (χ3v) is 3.83. The molecule has 1 aromatic carbocycles. The molecule has 3 aromatic rings. The number of carboxylic acid groups (broad SMARTS) is 1. The van der Waals surface area contributed by atoms with E-state index in [9.17, 15) is 9.90 Å². The average molecular weight is 294 g/mol. The number of aromatic nitrogens is 2. The topological polar surface area (TPSA) is 63.8 Å². The zero-order chi connectivity index (χ0) is 15.1. The number of aromatic carboxylic acids is 1. The van der Waals surface area contributed by atoms with E-state index in [2.05, 4.69) is 11.2 Å². The van der Waals surface area contributed by atoms with Crippen molar-refractivity contribution < 1.29 is 14.6 Å². The molecule has 1 aliphatic rings. The lowest BCUT2D eigenvalue weighted by molar-refractivity contribution is 0.0693. The summed E-state index contributed by atoms with van der Waals surface area (Å²) in [5, 5.41) is 13.6. The fraction of sp³-hybridized carbons (Fsp3) is 0.176. The molecule has 0 bridgehead atoms. The Labute approximate surface area is 126 Å². The molecule has 5 nitrogen and oxygen atoms in total. The molecule has 2 aromatic heterocycles. The molecule has 110 valence electrons. The number of rotatable bonds is 4. The molecule has 0 spiro atoms. The van der Waals surface area contributed by atoms with Gasteiger partial charge in [-0.15, -0.1) is 5.10 Å². The van der Waals surface area contributed by atoms with E-state index in [4.69, 9.17) is 4.74 Å². The highest BCUT2D eigenvalue weighted by Gasteiger charge is 2.24. The van der Waals surface area contributed by atoms with E-state index in [-0.39, 0.29) is 11.4 Å². The number of fused-ring (bicyclic) bond motifs is 1. The van der Waals surface area contributed by atoms with E-state index in [0.717, 1.165) is 5.52 Å². The molecule has 1 aliphatic carbocycles. The summed E-state index contributed by atoms with van der Waals surface area (Å²) in [6.45, 7) is 0. The predicted molar refractivity (Wildman–Crippen MR) is 80.6 cm³/mol. The minimum absolute atomic E-state index is 0.0584. The van der Waals surface area contributed by atoms with Crippen LogP contribution in [0.4, 0.5) is 0 Å². The number of ether oxygens (including phenoxy) is 1. The standard InChI is InChI=1S/C17H14N2O3/c20-17(21)15-10-13-4-2-8-19(13)18-16(15)22-14-5-1-3-12(9-14)11-6-7-11/h1-5,8-11H,6-7H2,(H,20,21). The summed E-state index contributed by atoms with van der Waals surface area (Å²) in [7, 11) is 0. The molecule has 5 heteroatoms. The van der Waals surface area contributed by atoms with E-state index in [1.807, 2.05) is 24.3 Å². The second kappa shape index (κ2) is 4.87. The van der Waals surface area contributed by atoms with Crippen molar-refractivity contribution >= 4 is 11.5 Å². The molecule has 0 unspecified atom stereocenters. The predicted octanol–water partition coefficient (Wildman–Crippen LogP) is 3.70. The van der Waals surface area contributed by atoms with Crippen LogP contribution in [0.15, 0.2) is 48.7 Å². The molecule has 0 saturated heterocycles. The maximum atomic E-state index is 11.4. The van der Waals surface area contributed by atoms with Gasteiger partial charge < -0.3 is 9.84 Å². The normalized spacial score (nSPS) is 14.2. The van der Waals surface area contributed by atoms with Gasteiger partial charge >= 0.3 is 5.97 Å². The zero-order valence-corrected chi connectivity index (χ0v) is 11.8. The molecular weight excluding hydrogens is 280 g/mol. The number of benzene rings is 1. The molecule has 1 saturated carbocycles. The van der Waals surface area contributed by atoms with Crippen molar-refractivity contribution in [3.05, 3.63) is 59.8 Å². The fourth-order valence-corrected chi connectivity index (χ4v) is 2.54. The van der Waals surface area contributed by atoms with Crippen molar-refractivity contribution in [1.29, 1.82) is 0 Å². The van der Waals surface area contributed by atoms with Gasteiger partial charge in [0.15, 0.2) is 0 Å². The minimum atomic E-state index is -1.05. The highest BCUT2D eigenvalue weighted by Crippen LogP contribution is 2.41. The Morgan fingerprint density at radius 1 is 1.23 bits per heavy atom. The SMILES string of the molecule is O=C(O)c1cc2cccn2nc1Oc1cccc(C2CC2)c1. The first kappa shape index (κ1) is 12.9. The molecule has 1 fully saturated rings. The van der Waals surface area contributed by atoms with Crippen LogP contribution in [0.5, 0.6) is 11.6 Å². The largest absolute Gasteiger partial charge is 0.477 e. The first-order valence-corrected chi connectivity index (χ1v) is 7.20. The monoisotopic (exact) mass is 294 g/mol. The lowest BCUT2D eigenvalue weighted by Gasteiger charge is -2.09. The number of nitrogens with zero attached hydrogens (tertiary/aromatic N) is 2. The van der Waals surface area contributed by atoms with Crippen LogP contribution < -0.4 is 4.74 Å². The van der Waals surface area contributed by atoms with Crippen LogP contribution in [0.1, 0.15) is 34.7 Å². The van der Waals surface area contributed by atoms with Gasteiger partial charge in [-0.25, -0.2) is 9.31 Å². The molecule has 0 radical (unpaired) electrons. The zero-order valence-electron chi connectivity index (χ0n) is 11.8. The van der Waals surface area contributed by atoms with Gasteiger partial charge in [-0.05, 0) is 54.7 Å². The van der Waals surface area contributed by atoms with Gasteiger partial charge in [0.2, 0.25) is 0 Å². The maximum absolute atomic E-state index is 11.4. The van der Waals surface area contributed by atoms with E-state index >= 15 is 0 Å². The van der Waals surface area contributed by atoms with Gasteiger partial charge in [0.25, 0.3) is 5.88 Å². The van der Waals surface area contributed by atoms with Crippen molar-refractivity contribution in [3.8, 4) is 11.6 Å². The van der Waals surface area contributed by atoms with Crippen LogP contribution in [-0.2, 0) is 0 Å². The summed E-state index contributed by atoms with van der Waals surface area (Å²) in [4.78, 5) is 11.4. The number of carboxylic acids is 1. The van der Waals surface area contributed by atoms with Gasteiger partial charge in [-0.3, -0.25) is 0 Å². The number of hydrogen-bond acceptors (Lipinski definition) is 3. The summed E-state index contributed by atoms with van der Waals surface area (Å²) < 4.78 is 7.36. The molecular formula is C17H14N2O3. The minimum Gasteiger partial charge on any atom is -0.477 e. The van der Waals surface area contributed by atoms with Crippen LogP contribution in [0, 0.1) is 0 Å². The third kappa shape index (κ3) is 2.30. The van der Waals surface area contributed by atoms with Crippen LogP contribution >= 0.6 is 0 Å². The maximum Gasteiger partial charge on any atom is 0.341 e. The number of carbonyl (C=O) groups is 1. The first-order valence-electron chi connectivity index (χ1n) is 7.20. The summed E-state index contributed by atoms with van der Waals surface area (Å²) >= 11 is 0. The summed E-state index contributed by atoms with van der Waals surface area (Å²) in [6.07, 6.45) is 4.17. The Kier molecular flexibility index (Phi) is 2.85. The van der Waals surface area contributed by atoms with E-state index in [1.165, 1.54) is 18.4 Å². The first-order chi connectivity index (χ1) is 10.7. The van der Waals surface area contributed by atoms with Crippen molar-refractivity contribution in [2.24, 2.45) is 0 Å². The highest BCUT2D eigenvalue weighted by molar-refractivity contribution is 5.91. The van der Waals surface area contributed by atoms with Gasteiger partial charge in [-0.2, -0.15) is 0 Å². The summed E-state index contributed by atoms with van der Waals surface area (Å²) in [5.74, 6) is 0.280.